The number of hydrazone groups is 2. The number of hydrogen-bond donors (Lipinski definition) is 2. The first-order valence-electron chi connectivity index (χ1n) is 21.7. The zero-order chi connectivity index (χ0) is 47.1. The summed E-state index contributed by atoms with van der Waals surface area (Å²) in [5, 5.41) is 27.3. The number of amides is 4. The van der Waals surface area contributed by atoms with E-state index in [4.69, 9.17) is 29.2 Å². The van der Waals surface area contributed by atoms with Gasteiger partial charge in [0.1, 0.15) is 11.5 Å². The van der Waals surface area contributed by atoms with Crippen LogP contribution in [-0.4, -0.2) is 108 Å². The lowest BCUT2D eigenvalue weighted by molar-refractivity contribution is 0.179. The first kappa shape index (κ1) is 46.7. The number of carbonyl (C=O) groups is 2. The molecule has 4 amide bonds. The molecule has 66 heavy (non-hydrogen) atoms. The van der Waals surface area contributed by atoms with Gasteiger partial charge in [0, 0.05) is 56.3 Å². The molecule has 2 aliphatic rings. The normalized spacial score (nSPS) is 15.5. The second kappa shape index (κ2) is 20.7. The summed E-state index contributed by atoms with van der Waals surface area (Å²) in [7, 11) is 9.85. The van der Waals surface area contributed by atoms with E-state index < -0.39 is 0 Å². The molecule has 16 heteroatoms. The molecule has 8 rings (SSSR count). The van der Waals surface area contributed by atoms with Crippen molar-refractivity contribution in [3.63, 3.8) is 0 Å². The van der Waals surface area contributed by atoms with E-state index in [1.165, 1.54) is 10.0 Å². The minimum absolute atomic E-state index is 0.0974. The lowest BCUT2D eigenvalue weighted by Crippen LogP contribution is -2.41. The second-order valence-electron chi connectivity index (χ2n) is 16.2. The van der Waals surface area contributed by atoms with Crippen LogP contribution in [0.2, 0.25) is 0 Å². The average Bonchev–Trinajstić information content (AvgIpc) is 3.80. The Kier molecular flexibility index (Phi) is 14.6. The van der Waals surface area contributed by atoms with Crippen molar-refractivity contribution in [3.05, 3.63) is 153 Å². The predicted molar refractivity (Wildman–Crippen MR) is 254 cm³/mol. The zero-order valence-corrected chi connectivity index (χ0v) is 39.2. The van der Waals surface area contributed by atoms with Crippen LogP contribution in [0.1, 0.15) is 70.0 Å². The Bertz CT molecular complexity index is 2740. The summed E-state index contributed by atoms with van der Waals surface area (Å²) < 4.78 is 25.2. The molecule has 0 unspecified atom stereocenters. The fourth-order valence-corrected chi connectivity index (χ4v) is 8.21. The topological polar surface area (TPSA) is 162 Å². The number of aryl methyl sites for hydroxylation is 2. The van der Waals surface area contributed by atoms with Crippen molar-refractivity contribution in [1.29, 1.82) is 0 Å². The lowest BCUT2D eigenvalue weighted by Gasteiger charge is -2.22. The molecule has 0 fully saturated rings. The molecule has 4 aromatic carbocycles. The number of fused-ring (bicyclic) bond motifs is 2. The number of ether oxygens (including phenoxy) is 4. The van der Waals surface area contributed by atoms with Gasteiger partial charge in [0.15, 0.2) is 0 Å². The SMILES string of the molecule is CNC(=O)N1N=C(c2ccc(-n3nc(C)cc3COC)cc2)c2cc(OC)ccc2C[C@@H]1C.CNC(=O)N1N=C(c2ccc(-n3nc(COC)cc3C)cc2)c2cc(OC)ccc2C[C@@H]1C. The van der Waals surface area contributed by atoms with Gasteiger partial charge >= 0.3 is 12.1 Å². The van der Waals surface area contributed by atoms with Crippen LogP contribution in [0.3, 0.4) is 0 Å². The zero-order valence-electron chi connectivity index (χ0n) is 39.2. The highest BCUT2D eigenvalue weighted by atomic mass is 16.5. The quantitative estimate of drug-likeness (QED) is 0.144. The number of carbonyl (C=O) groups excluding carboxylic acids is 2. The van der Waals surface area contributed by atoms with Gasteiger partial charge in [-0.1, -0.05) is 36.4 Å². The fourth-order valence-electron chi connectivity index (χ4n) is 8.21. The predicted octanol–water partition coefficient (Wildman–Crippen LogP) is 7.35. The summed E-state index contributed by atoms with van der Waals surface area (Å²) >= 11 is 0. The molecule has 6 aromatic rings. The molecule has 0 radical (unpaired) electrons. The summed E-state index contributed by atoms with van der Waals surface area (Å²) in [5.74, 6) is 1.49. The van der Waals surface area contributed by atoms with Gasteiger partial charge in [-0.2, -0.15) is 20.4 Å². The van der Waals surface area contributed by atoms with E-state index in [-0.39, 0.29) is 24.1 Å². The molecule has 344 valence electrons. The Labute approximate surface area is 385 Å². The van der Waals surface area contributed by atoms with E-state index in [0.717, 1.165) is 90.5 Å². The van der Waals surface area contributed by atoms with E-state index in [0.29, 0.717) is 26.1 Å². The fraction of sp³-hybridized carbons (Fsp3) is 0.320. The Hall–Kier alpha value is -7.30. The van der Waals surface area contributed by atoms with Gasteiger partial charge in [-0.05, 0) is 112 Å². The smallest absolute Gasteiger partial charge is 0.337 e. The molecule has 0 spiro atoms. The number of rotatable bonds is 10. The number of aromatic nitrogens is 4. The maximum Gasteiger partial charge on any atom is 0.337 e. The van der Waals surface area contributed by atoms with E-state index >= 15 is 0 Å². The first-order valence-corrected chi connectivity index (χ1v) is 21.7. The Morgan fingerprint density at radius 3 is 1.52 bits per heavy atom. The molecule has 0 saturated carbocycles. The van der Waals surface area contributed by atoms with Crippen molar-refractivity contribution in [3.8, 4) is 22.9 Å². The molecule has 2 aliphatic heterocycles. The van der Waals surface area contributed by atoms with Crippen molar-refractivity contribution in [2.75, 3.05) is 42.5 Å². The summed E-state index contributed by atoms with van der Waals surface area (Å²) in [5.41, 5.74) is 13.1. The molecule has 0 saturated heterocycles. The Morgan fingerprint density at radius 1 is 0.606 bits per heavy atom. The van der Waals surface area contributed by atoms with Crippen LogP contribution in [0.15, 0.2) is 107 Å². The molecule has 0 bridgehead atoms. The van der Waals surface area contributed by atoms with Crippen molar-refractivity contribution >= 4 is 23.5 Å². The summed E-state index contributed by atoms with van der Waals surface area (Å²) in [6, 6.07) is 31.3. The van der Waals surface area contributed by atoms with Gasteiger partial charge in [0.25, 0.3) is 0 Å². The molecule has 2 aromatic heterocycles. The first-order chi connectivity index (χ1) is 31.9. The highest BCUT2D eigenvalue weighted by Gasteiger charge is 2.29. The Balaban J connectivity index is 0.000000196. The molecule has 2 atom stereocenters. The van der Waals surface area contributed by atoms with Crippen LogP contribution in [0.25, 0.3) is 11.4 Å². The monoisotopic (exact) mass is 894 g/mol. The minimum Gasteiger partial charge on any atom is -0.497 e. The van der Waals surface area contributed by atoms with Crippen molar-refractivity contribution in [2.45, 2.75) is 65.8 Å². The van der Waals surface area contributed by atoms with E-state index in [1.54, 1.807) is 42.5 Å². The molecule has 0 aliphatic carbocycles. The van der Waals surface area contributed by atoms with Crippen LogP contribution in [0, 0.1) is 13.8 Å². The van der Waals surface area contributed by atoms with Gasteiger partial charge in [-0.15, -0.1) is 0 Å². The van der Waals surface area contributed by atoms with Crippen LogP contribution in [0.4, 0.5) is 9.59 Å². The standard InChI is InChI=1S/2C25H29N5O3/c1-16-12-21(15-32-4)30(27-16)20-9-6-18(7-10-20)24-23-14-22(33-5)11-8-19(23)13-17(2)29(28-24)25(31)26-3;1-16-12-19-8-11-22(33-5)14-23(19)24(28-30(16)25(31)26-3)18-6-9-21(10-7-18)29-17(2)13-20(27-29)15-32-4/h6-12,14,17H,13,15H2,1-5H3,(H,26,31);6-11,13-14,16H,12,15H2,1-5H3,(H,26,31)/t17-;16-/m00/s1. The number of hydrogen-bond acceptors (Lipinski definition) is 10. The number of nitrogens with zero attached hydrogens (tertiary/aromatic N) is 8. The summed E-state index contributed by atoms with van der Waals surface area (Å²) in [4.78, 5) is 25.2. The highest BCUT2D eigenvalue weighted by Crippen LogP contribution is 2.30. The second-order valence-corrected chi connectivity index (χ2v) is 16.2. The Morgan fingerprint density at radius 2 is 1.08 bits per heavy atom. The number of nitrogens with one attached hydrogen (secondary N) is 2. The third-order valence-electron chi connectivity index (χ3n) is 11.5. The molecule has 2 N–H and O–H groups in total. The summed E-state index contributed by atoms with van der Waals surface area (Å²) in [6.07, 6.45) is 1.37. The summed E-state index contributed by atoms with van der Waals surface area (Å²) in [6.45, 7) is 8.91. The van der Waals surface area contributed by atoms with Crippen LogP contribution in [0.5, 0.6) is 11.5 Å². The number of methoxy groups -OCH3 is 4. The number of urea groups is 2. The van der Waals surface area contributed by atoms with Crippen LogP contribution < -0.4 is 20.1 Å². The molecular weight excluding hydrogens is 837 g/mol. The van der Waals surface area contributed by atoms with E-state index in [9.17, 15) is 9.59 Å². The van der Waals surface area contributed by atoms with Crippen LogP contribution in [-0.2, 0) is 35.5 Å². The van der Waals surface area contributed by atoms with Crippen LogP contribution >= 0.6 is 0 Å². The van der Waals surface area contributed by atoms with Gasteiger partial charge in [0.05, 0.1) is 79.4 Å². The van der Waals surface area contributed by atoms with Gasteiger partial charge in [-0.25, -0.2) is 29.0 Å². The van der Waals surface area contributed by atoms with Crippen molar-refractivity contribution in [2.24, 2.45) is 10.2 Å². The third-order valence-corrected chi connectivity index (χ3v) is 11.5. The maximum atomic E-state index is 12.6. The third kappa shape index (κ3) is 9.99. The van der Waals surface area contributed by atoms with Crippen molar-refractivity contribution in [1.82, 2.24) is 40.2 Å². The van der Waals surface area contributed by atoms with Gasteiger partial charge < -0.3 is 29.6 Å². The molecule has 4 heterocycles. The number of benzene rings is 4. The minimum atomic E-state index is -0.243. The lowest BCUT2D eigenvalue weighted by atomic mass is 9.94. The molecular formula is C50H58N10O6. The van der Waals surface area contributed by atoms with Gasteiger partial charge in [-0.3, -0.25) is 0 Å². The van der Waals surface area contributed by atoms with Gasteiger partial charge in [0.2, 0.25) is 0 Å². The maximum absolute atomic E-state index is 12.6. The highest BCUT2D eigenvalue weighted by molar-refractivity contribution is 6.15. The van der Waals surface area contributed by atoms with E-state index in [1.807, 2.05) is 134 Å². The average molecular weight is 895 g/mol. The van der Waals surface area contributed by atoms with Crippen molar-refractivity contribution < 1.29 is 28.5 Å². The largest absolute Gasteiger partial charge is 0.497 e. The van der Waals surface area contributed by atoms with E-state index in [2.05, 4.69) is 20.8 Å². The molecule has 16 nitrogen and oxygen atoms in total.